The second kappa shape index (κ2) is 10.7. The summed E-state index contributed by atoms with van der Waals surface area (Å²) in [4.78, 5) is 20.7. The fourth-order valence-electron chi connectivity index (χ4n) is 5.97. The van der Waals surface area contributed by atoms with E-state index in [0.29, 0.717) is 21.7 Å². The molecule has 0 radical (unpaired) electrons. The molecule has 1 fully saturated rings. The molecule has 2 heterocycles. The van der Waals surface area contributed by atoms with Gasteiger partial charge in [-0.3, -0.25) is 4.79 Å². The number of carbonyl (C=O) groups is 1. The minimum Gasteiger partial charge on any atom is -0.495 e. The fraction of sp³-hybridized carbons (Fsp3) is 0.438. The predicted molar refractivity (Wildman–Crippen MR) is 158 cm³/mol. The van der Waals surface area contributed by atoms with Crippen molar-refractivity contribution in [3.05, 3.63) is 64.1 Å². The molecule has 2 aromatic carbocycles. The summed E-state index contributed by atoms with van der Waals surface area (Å²) in [7, 11) is 3.52. The highest BCUT2D eigenvalue weighted by Crippen LogP contribution is 2.50. The first-order valence-electron chi connectivity index (χ1n) is 13.6. The highest BCUT2D eigenvalue weighted by atomic mass is 35.5. The topological polar surface area (TPSA) is 51.7 Å². The molecular weight excluding hydrogens is 531 g/mol. The predicted octanol–water partition coefficient (Wildman–Crippen LogP) is 8.76. The molecule has 7 heteroatoms. The number of pyridine rings is 1. The largest absolute Gasteiger partial charge is 0.495 e. The second-order valence-electron chi connectivity index (χ2n) is 11.8. The van der Waals surface area contributed by atoms with E-state index in [1.54, 1.807) is 7.11 Å². The third kappa shape index (κ3) is 5.36. The Morgan fingerprint density at radius 3 is 2.41 bits per heavy atom. The minimum absolute atomic E-state index is 0.0937. The van der Waals surface area contributed by atoms with Gasteiger partial charge in [0.15, 0.2) is 0 Å². The van der Waals surface area contributed by atoms with Crippen molar-refractivity contribution in [1.82, 2.24) is 9.88 Å². The number of nitrogens with zero attached hydrogens (tertiary/aromatic N) is 2. The summed E-state index contributed by atoms with van der Waals surface area (Å²) in [5.41, 5.74) is 3.37. The van der Waals surface area contributed by atoms with E-state index in [9.17, 15) is 4.79 Å². The molecule has 3 aromatic rings. The summed E-state index contributed by atoms with van der Waals surface area (Å²) in [6.45, 7) is 5.89. The standard InChI is InChI=1S/C32H36Cl2N2O3/c1-31(2,3)30(37)36(4)26-19-32(15-9-6-10-16-32)39-29-23(26)18-22(20-13-14-25(34)27(17-20)38-5)28(35-29)21-11-7-8-12-24(21)33/h7-8,11-14,17-18,26H,6,9-10,15-16,19H2,1-5H3. The van der Waals surface area contributed by atoms with Crippen LogP contribution >= 0.6 is 23.2 Å². The number of rotatable bonds is 4. The fourth-order valence-corrected chi connectivity index (χ4v) is 6.39. The summed E-state index contributed by atoms with van der Waals surface area (Å²) in [5, 5.41) is 1.13. The van der Waals surface area contributed by atoms with E-state index in [2.05, 4.69) is 6.07 Å². The van der Waals surface area contributed by atoms with Gasteiger partial charge in [-0.25, -0.2) is 4.98 Å². The average molecular weight is 568 g/mol. The highest BCUT2D eigenvalue weighted by Gasteiger charge is 2.46. The lowest BCUT2D eigenvalue weighted by Gasteiger charge is -2.47. The van der Waals surface area contributed by atoms with Crippen molar-refractivity contribution in [3.63, 3.8) is 0 Å². The molecule has 0 bridgehead atoms. The molecule has 0 N–H and O–H groups in total. The summed E-state index contributed by atoms with van der Waals surface area (Å²) in [5.74, 6) is 1.25. The first-order valence-corrected chi connectivity index (χ1v) is 14.4. The van der Waals surface area contributed by atoms with Gasteiger partial charge in [0.05, 0.1) is 23.9 Å². The lowest BCUT2D eigenvalue weighted by Crippen LogP contribution is -2.49. The molecule has 1 spiro atoms. The zero-order valence-electron chi connectivity index (χ0n) is 23.3. The van der Waals surface area contributed by atoms with Crippen molar-refractivity contribution in [2.24, 2.45) is 5.41 Å². The number of methoxy groups -OCH3 is 1. The van der Waals surface area contributed by atoms with Crippen molar-refractivity contribution in [1.29, 1.82) is 0 Å². The van der Waals surface area contributed by atoms with Crippen LogP contribution in [0, 0.1) is 5.41 Å². The van der Waals surface area contributed by atoms with Crippen LogP contribution in [0.2, 0.25) is 10.0 Å². The van der Waals surface area contributed by atoms with Crippen LogP contribution in [0.1, 0.15) is 70.9 Å². The first kappa shape index (κ1) is 27.8. The first-order chi connectivity index (χ1) is 18.5. The lowest BCUT2D eigenvalue weighted by molar-refractivity contribution is -0.142. The maximum Gasteiger partial charge on any atom is 0.228 e. The summed E-state index contributed by atoms with van der Waals surface area (Å²) in [6, 6.07) is 15.4. The number of halogens is 2. The number of hydrogen-bond donors (Lipinski definition) is 0. The van der Waals surface area contributed by atoms with E-state index in [1.807, 2.05) is 75.2 Å². The van der Waals surface area contributed by atoms with Crippen LogP contribution in [-0.4, -0.2) is 35.5 Å². The van der Waals surface area contributed by atoms with Crippen molar-refractivity contribution in [2.45, 2.75) is 70.9 Å². The van der Waals surface area contributed by atoms with E-state index < -0.39 is 5.41 Å². The van der Waals surface area contributed by atoms with Gasteiger partial charge in [0.1, 0.15) is 11.4 Å². The summed E-state index contributed by atoms with van der Waals surface area (Å²) >= 11 is 13.1. The maximum absolute atomic E-state index is 13.6. The molecule has 1 aliphatic carbocycles. The Hall–Kier alpha value is -2.76. The van der Waals surface area contributed by atoms with Gasteiger partial charge in [0.25, 0.3) is 0 Å². The van der Waals surface area contributed by atoms with Crippen molar-refractivity contribution in [3.8, 4) is 34.0 Å². The average Bonchev–Trinajstić information content (AvgIpc) is 2.91. The lowest BCUT2D eigenvalue weighted by atomic mass is 9.76. The molecule has 0 saturated heterocycles. The van der Waals surface area contributed by atoms with Gasteiger partial charge >= 0.3 is 0 Å². The van der Waals surface area contributed by atoms with Gasteiger partial charge in [-0.05, 0) is 55.5 Å². The normalized spacial score (nSPS) is 18.3. The number of benzene rings is 2. The van der Waals surface area contributed by atoms with Gasteiger partial charge in [-0.2, -0.15) is 0 Å². The molecule has 1 amide bonds. The Kier molecular flexibility index (Phi) is 7.60. The molecule has 5 rings (SSSR count). The summed E-state index contributed by atoms with van der Waals surface area (Å²) < 4.78 is 12.4. The number of ether oxygens (including phenoxy) is 2. The monoisotopic (exact) mass is 566 g/mol. The molecule has 1 saturated carbocycles. The Morgan fingerprint density at radius 2 is 1.74 bits per heavy atom. The smallest absolute Gasteiger partial charge is 0.228 e. The third-order valence-corrected chi connectivity index (χ3v) is 8.68. The van der Waals surface area contributed by atoms with E-state index in [4.69, 9.17) is 37.7 Å². The number of fused-ring (bicyclic) bond motifs is 1. The van der Waals surface area contributed by atoms with Crippen LogP contribution in [-0.2, 0) is 4.79 Å². The highest BCUT2D eigenvalue weighted by molar-refractivity contribution is 6.33. The maximum atomic E-state index is 13.6. The zero-order valence-corrected chi connectivity index (χ0v) is 24.8. The molecule has 1 aliphatic heterocycles. The van der Waals surface area contributed by atoms with Crippen LogP contribution in [0.15, 0.2) is 48.5 Å². The quantitative estimate of drug-likeness (QED) is 0.316. The van der Waals surface area contributed by atoms with E-state index in [0.717, 1.165) is 60.1 Å². The molecule has 1 unspecified atom stereocenters. The SMILES string of the molecule is COc1cc(-c2cc3c(nc2-c2ccccc2Cl)OC2(CCCCC2)CC3N(C)C(=O)C(C)(C)C)ccc1Cl. The molecule has 2 aliphatic rings. The number of carbonyl (C=O) groups excluding carboxylic acids is 1. The van der Waals surface area contributed by atoms with Crippen LogP contribution in [0.4, 0.5) is 0 Å². The van der Waals surface area contributed by atoms with Gasteiger partial charge < -0.3 is 14.4 Å². The van der Waals surface area contributed by atoms with E-state index in [-0.39, 0.29) is 17.6 Å². The van der Waals surface area contributed by atoms with Crippen LogP contribution < -0.4 is 9.47 Å². The van der Waals surface area contributed by atoms with Crippen LogP contribution in [0.5, 0.6) is 11.6 Å². The summed E-state index contributed by atoms with van der Waals surface area (Å²) in [6.07, 6.45) is 6.08. The Morgan fingerprint density at radius 1 is 1.03 bits per heavy atom. The number of amides is 1. The van der Waals surface area contributed by atoms with Gasteiger partial charge in [-0.1, -0.05) is 74.7 Å². The van der Waals surface area contributed by atoms with Crippen molar-refractivity contribution < 1.29 is 14.3 Å². The molecule has 1 atom stereocenters. The molecule has 206 valence electrons. The second-order valence-corrected chi connectivity index (χ2v) is 12.7. The number of aromatic nitrogens is 1. The third-order valence-electron chi connectivity index (χ3n) is 8.04. The molecule has 5 nitrogen and oxygen atoms in total. The van der Waals surface area contributed by atoms with Gasteiger partial charge in [0, 0.05) is 40.6 Å². The Labute approximate surface area is 241 Å². The number of hydrogen-bond acceptors (Lipinski definition) is 4. The molecular formula is C32H36Cl2N2O3. The van der Waals surface area contributed by atoms with E-state index >= 15 is 0 Å². The van der Waals surface area contributed by atoms with Gasteiger partial charge in [-0.15, -0.1) is 0 Å². The molecule has 1 aromatic heterocycles. The Bertz CT molecular complexity index is 1390. The van der Waals surface area contributed by atoms with Crippen molar-refractivity contribution in [2.75, 3.05) is 14.2 Å². The molecule has 39 heavy (non-hydrogen) atoms. The van der Waals surface area contributed by atoms with Gasteiger partial charge in [0.2, 0.25) is 11.8 Å². The minimum atomic E-state index is -0.510. The van der Waals surface area contributed by atoms with Crippen molar-refractivity contribution >= 4 is 29.1 Å². The zero-order chi connectivity index (χ0) is 27.9. The Balaban J connectivity index is 1.75. The van der Waals surface area contributed by atoms with Crippen LogP contribution in [0.25, 0.3) is 22.4 Å². The van der Waals surface area contributed by atoms with Crippen LogP contribution in [0.3, 0.4) is 0 Å². The van der Waals surface area contributed by atoms with E-state index in [1.165, 1.54) is 6.42 Å².